The van der Waals surface area contributed by atoms with E-state index in [1.807, 2.05) is 6.92 Å². The number of nitrogens with one attached hydrogen (secondary N) is 2. The first-order valence-electron chi connectivity index (χ1n) is 5.82. The first-order chi connectivity index (χ1) is 9.49. The molecule has 3 amide bonds. The summed E-state index contributed by atoms with van der Waals surface area (Å²) < 4.78 is 0. The normalized spacial score (nSPS) is 20.1. The molecule has 1 aliphatic heterocycles. The molecule has 2 rings (SSSR count). The summed E-state index contributed by atoms with van der Waals surface area (Å²) in [6, 6.07) is 4.13. The van der Waals surface area contributed by atoms with Crippen molar-refractivity contribution in [1.29, 1.82) is 0 Å². The molecule has 20 heavy (non-hydrogen) atoms. The Morgan fingerprint density at radius 2 is 2.20 bits per heavy atom. The Kier molecular flexibility index (Phi) is 4.91. The molecular formula is C12H11Cl2N3O2S. The Hall–Kier alpha value is -1.24. The molecule has 0 saturated carbocycles. The van der Waals surface area contributed by atoms with Crippen LogP contribution in [0.15, 0.2) is 23.2 Å². The van der Waals surface area contributed by atoms with Gasteiger partial charge in [0.15, 0.2) is 5.17 Å². The van der Waals surface area contributed by atoms with Crippen LogP contribution in [0.4, 0.5) is 10.5 Å². The maximum atomic E-state index is 11.7. The van der Waals surface area contributed by atoms with E-state index in [1.165, 1.54) is 17.8 Å². The van der Waals surface area contributed by atoms with Crippen molar-refractivity contribution >= 4 is 57.8 Å². The number of amides is 3. The summed E-state index contributed by atoms with van der Waals surface area (Å²) >= 11 is 12.9. The molecule has 8 heteroatoms. The number of anilines is 1. The summed E-state index contributed by atoms with van der Waals surface area (Å²) in [7, 11) is 0. The standard InChI is InChI=1S/C12H11Cl2N3O2S/c1-2-9-10(18)16-12(20-9)17-11(19)15-6-3-4-7(13)8(14)5-6/h3-5,9H,2H2,1H3,(H2,15,16,17,18,19)/t9-/m1/s1. The van der Waals surface area contributed by atoms with Gasteiger partial charge < -0.3 is 10.6 Å². The molecule has 0 unspecified atom stereocenters. The number of amidine groups is 1. The van der Waals surface area contributed by atoms with Gasteiger partial charge in [-0.25, -0.2) is 4.79 Å². The van der Waals surface area contributed by atoms with Gasteiger partial charge in [0.2, 0.25) is 5.91 Å². The highest BCUT2D eigenvalue weighted by molar-refractivity contribution is 8.15. The van der Waals surface area contributed by atoms with Gasteiger partial charge in [-0.05, 0) is 24.6 Å². The lowest BCUT2D eigenvalue weighted by molar-refractivity contribution is -0.118. The van der Waals surface area contributed by atoms with Crippen LogP contribution in [0.25, 0.3) is 0 Å². The van der Waals surface area contributed by atoms with Crippen molar-refractivity contribution in [3.63, 3.8) is 0 Å². The van der Waals surface area contributed by atoms with E-state index >= 15 is 0 Å². The Balaban J connectivity index is 2.02. The third kappa shape index (κ3) is 3.65. The predicted octanol–water partition coefficient (Wildman–Crippen LogP) is 3.52. The number of benzene rings is 1. The third-order valence-electron chi connectivity index (χ3n) is 2.52. The minimum absolute atomic E-state index is 0.126. The SMILES string of the molecule is CC[C@H]1SC(=NC(=O)Nc2ccc(Cl)c(Cl)c2)NC1=O. The summed E-state index contributed by atoms with van der Waals surface area (Å²) in [4.78, 5) is 27.0. The zero-order valence-corrected chi connectivity index (χ0v) is 12.8. The predicted molar refractivity (Wildman–Crippen MR) is 82.7 cm³/mol. The van der Waals surface area contributed by atoms with Gasteiger partial charge in [-0.2, -0.15) is 4.99 Å². The monoisotopic (exact) mass is 331 g/mol. The number of urea groups is 1. The molecule has 2 N–H and O–H groups in total. The van der Waals surface area contributed by atoms with Crippen molar-refractivity contribution in [2.45, 2.75) is 18.6 Å². The van der Waals surface area contributed by atoms with Crippen LogP contribution < -0.4 is 10.6 Å². The molecule has 1 atom stereocenters. The Labute approximate surface area is 130 Å². The summed E-state index contributed by atoms with van der Waals surface area (Å²) in [5.41, 5.74) is 0.482. The van der Waals surface area contributed by atoms with Gasteiger partial charge in [0.05, 0.1) is 15.3 Å². The summed E-state index contributed by atoms with van der Waals surface area (Å²) in [5.74, 6) is -0.126. The third-order valence-corrected chi connectivity index (χ3v) is 4.51. The van der Waals surface area contributed by atoms with Gasteiger partial charge in [0.25, 0.3) is 0 Å². The van der Waals surface area contributed by atoms with Gasteiger partial charge in [-0.3, -0.25) is 4.79 Å². The minimum atomic E-state index is -0.581. The van der Waals surface area contributed by atoms with E-state index in [1.54, 1.807) is 12.1 Å². The fourth-order valence-electron chi connectivity index (χ4n) is 1.54. The average Bonchev–Trinajstić information content (AvgIpc) is 2.73. The Bertz CT molecular complexity index is 592. The largest absolute Gasteiger partial charge is 0.347 e. The second-order valence-electron chi connectivity index (χ2n) is 3.98. The second-order valence-corrected chi connectivity index (χ2v) is 5.99. The molecule has 0 bridgehead atoms. The van der Waals surface area contributed by atoms with E-state index in [-0.39, 0.29) is 11.2 Å². The average molecular weight is 332 g/mol. The molecule has 0 radical (unpaired) electrons. The lowest BCUT2D eigenvalue weighted by Gasteiger charge is -2.03. The Morgan fingerprint density at radius 3 is 2.80 bits per heavy atom. The number of halogens is 2. The first-order valence-corrected chi connectivity index (χ1v) is 7.45. The first kappa shape index (κ1) is 15.2. The van der Waals surface area contributed by atoms with Crippen molar-refractivity contribution in [3.8, 4) is 0 Å². The summed E-state index contributed by atoms with van der Waals surface area (Å²) in [5, 5.41) is 5.97. The van der Waals surface area contributed by atoms with Crippen molar-refractivity contribution in [1.82, 2.24) is 5.32 Å². The number of hydrogen-bond acceptors (Lipinski definition) is 3. The van der Waals surface area contributed by atoms with E-state index in [0.717, 1.165) is 0 Å². The van der Waals surface area contributed by atoms with Gasteiger partial charge in [0, 0.05) is 5.69 Å². The molecule has 5 nitrogen and oxygen atoms in total. The fourth-order valence-corrected chi connectivity index (χ4v) is 2.74. The number of carbonyl (C=O) groups is 2. The molecule has 1 aromatic rings. The molecule has 106 valence electrons. The van der Waals surface area contributed by atoms with Crippen LogP contribution in [0.1, 0.15) is 13.3 Å². The van der Waals surface area contributed by atoms with Gasteiger partial charge >= 0.3 is 6.03 Å². The number of aliphatic imine (C=N–C) groups is 1. The smallest absolute Gasteiger partial charge is 0.306 e. The van der Waals surface area contributed by atoms with E-state index in [4.69, 9.17) is 23.2 Å². The van der Waals surface area contributed by atoms with Crippen LogP contribution in [0.3, 0.4) is 0 Å². The van der Waals surface area contributed by atoms with Crippen LogP contribution in [0, 0.1) is 0 Å². The van der Waals surface area contributed by atoms with E-state index < -0.39 is 6.03 Å². The summed E-state index contributed by atoms with van der Waals surface area (Å²) in [6.07, 6.45) is 0.684. The van der Waals surface area contributed by atoms with Crippen molar-refractivity contribution in [2.24, 2.45) is 4.99 Å². The number of hydrogen-bond donors (Lipinski definition) is 2. The maximum Gasteiger partial charge on any atom is 0.347 e. The maximum absolute atomic E-state index is 11.7. The highest BCUT2D eigenvalue weighted by atomic mass is 35.5. The number of rotatable bonds is 2. The van der Waals surface area contributed by atoms with Gasteiger partial charge in [-0.15, -0.1) is 0 Å². The molecule has 1 aliphatic rings. The van der Waals surface area contributed by atoms with Crippen LogP contribution in [0.2, 0.25) is 10.0 Å². The summed E-state index contributed by atoms with van der Waals surface area (Å²) in [6.45, 7) is 1.90. The minimum Gasteiger partial charge on any atom is -0.306 e. The van der Waals surface area contributed by atoms with Crippen molar-refractivity contribution < 1.29 is 9.59 Å². The zero-order chi connectivity index (χ0) is 14.7. The second kappa shape index (κ2) is 6.47. The molecule has 1 aromatic carbocycles. The zero-order valence-electron chi connectivity index (χ0n) is 10.4. The quantitative estimate of drug-likeness (QED) is 0.870. The van der Waals surface area contributed by atoms with E-state index in [2.05, 4.69) is 15.6 Å². The highest BCUT2D eigenvalue weighted by Gasteiger charge is 2.28. The van der Waals surface area contributed by atoms with Crippen molar-refractivity contribution in [2.75, 3.05) is 5.32 Å². The molecular weight excluding hydrogens is 321 g/mol. The van der Waals surface area contributed by atoms with Crippen LogP contribution in [-0.4, -0.2) is 22.4 Å². The molecule has 0 aliphatic carbocycles. The molecule has 1 fully saturated rings. The highest BCUT2D eigenvalue weighted by Crippen LogP contribution is 2.25. The van der Waals surface area contributed by atoms with Gasteiger partial charge in [-0.1, -0.05) is 41.9 Å². The number of nitrogens with zero attached hydrogens (tertiary/aromatic N) is 1. The van der Waals surface area contributed by atoms with E-state index in [9.17, 15) is 9.59 Å². The van der Waals surface area contributed by atoms with Crippen LogP contribution in [0.5, 0.6) is 0 Å². The molecule has 0 spiro atoms. The lowest BCUT2D eigenvalue weighted by atomic mass is 10.3. The van der Waals surface area contributed by atoms with Crippen molar-refractivity contribution in [3.05, 3.63) is 28.2 Å². The molecule has 1 heterocycles. The Morgan fingerprint density at radius 1 is 1.45 bits per heavy atom. The molecule has 0 aromatic heterocycles. The fraction of sp³-hybridized carbons (Fsp3) is 0.250. The topological polar surface area (TPSA) is 70.6 Å². The van der Waals surface area contributed by atoms with Gasteiger partial charge in [0.1, 0.15) is 0 Å². The number of thioether (sulfide) groups is 1. The lowest BCUT2D eigenvalue weighted by Crippen LogP contribution is -2.25. The van der Waals surface area contributed by atoms with Crippen LogP contribution >= 0.6 is 35.0 Å². The molecule has 1 saturated heterocycles. The van der Waals surface area contributed by atoms with E-state index in [0.29, 0.717) is 27.3 Å². The number of carbonyl (C=O) groups excluding carboxylic acids is 2. The van der Waals surface area contributed by atoms with Crippen LogP contribution in [-0.2, 0) is 4.79 Å².